The molecule has 0 fully saturated rings. The van der Waals surface area contributed by atoms with Gasteiger partial charge in [0, 0.05) is 32.9 Å². The van der Waals surface area contributed by atoms with Crippen LogP contribution in [0, 0.1) is 0 Å². The number of hydrogen-bond donors (Lipinski definition) is 1. The topological polar surface area (TPSA) is 65.8 Å². The van der Waals surface area contributed by atoms with Crippen molar-refractivity contribution in [1.82, 2.24) is 10.3 Å². The van der Waals surface area contributed by atoms with E-state index in [0.717, 1.165) is 12.1 Å². The van der Waals surface area contributed by atoms with Crippen molar-refractivity contribution in [3.8, 4) is 6.08 Å². The zero-order valence-electron chi connectivity index (χ0n) is 12.0. The lowest BCUT2D eigenvalue weighted by Crippen LogP contribution is -2.21. The van der Waals surface area contributed by atoms with Crippen molar-refractivity contribution in [2.24, 2.45) is 0 Å². The Bertz CT molecular complexity index is 328. The first-order valence-corrected chi connectivity index (χ1v) is 6.59. The van der Waals surface area contributed by atoms with Crippen LogP contribution < -0.4 is 10.1 Å². The quantitative estimate of drug-likeness (QED) is 0.617. The highest BCUT2D eigenvalue weighted by Gasteiger charge is 2.05. The molecule has 1 heterocycles. The molecule has 1 rings (SSSR count). The molecule has 110 valence electrons. The van der Waals surface area contributed by atoms with E-state index in [4.69, 9.17) is 18.6 Å². The molecule has 0 aliphatic carbocycles. The van der Waals surface area contributed by atoms with Crippen LogP contribution >= 0.6 is 0 Å². The molecule has 0 atom stereocenters. The molecule has 0 saturated heterocycles. The third-order valence-electron chi connectivity index (χ3n) is 2.31. The molecule has 0 aromatic carbocycles. The Balaban J connectivity index is 2.06. The number of methoxy groups -OCH3 is 1. The van der Waals surface area contributed by atoms with Crippen LogP contribution in [0.3, 0.4) is 0 Å². The third-order valence-corrected chi connectivity index (χ3v) is 2.31. The van der Waals surface area contributed by atoms with E-state index in [1.54, 1.807) is 13.4 Å². The summed E-state index contributed by atoms with van der Waals surface area (Å²) in [6.45, 7) is 7.18. The van der Waals surface area contributed by atoms with Crippen LogP contribution in [0.1, 0.15) is 26.0 Å². The molecule has 0 spiro atoms. The monoisotopic (exact) mass is 272 g/mol. The summed E-state index contributed by atoms with van der Waals surface area (Å²) in [5.74, 6) is 0. The highest BCUT2D eigenvalue weighted by molar-refractivity contribution is 4.99. The number of hydrogen-bond acceptors (Lipinski definition) is 6. The summed E-state index contributed by atoms with van der Waals surface area (Å²) < 4.78 is 20.8. The predicted molar refractivity (Wildman–Crippen MR) is 71.3 cm³/mol. The number of aromatic nitrogens is 1. The molecule has 0 amide bonds. The van der Waals surface area contributed by atoms with Gasteiger partial charge in [0.2, 0.25) is 0 Å². The molecule has 6 heteroatoms. The summed E-state index contributed by atoms with van der Waals surface area (Å²) in [5, 5.41) is 3.26. The molecule has 1 N–H and O–H groups in total. The Morgan fingerprint density at radius 3 is 2.84 bits per heavy atom. The second-order valence-electron chi connectivity index (χ2n) is 4.45. The highest BCUT2D eigenvalue weighted by atomic mass is 16.6. The van der Waals surface area contributed by atoms with Crippen molar-refractivity contribution in [1.29, 1.82) is 0 Å². The van der Waals surface area contributed by atoms with Crippen LogP contribution in [-0.4, -0.2) is 44.6 Å². The van der Waals surface area contributed by atoms with E-state index in [0.29, 0.717) is 45.1 Å². The molecule has 19 heavy (non-hydrogen) atoms. The number of ether oxygens (including phenoxy) is 3. The van der Waals surface area contributed by atoms with E-state index in [2.05, 4.69) is 24.1 Å². The normalized spacial score (nSPS) is 11.2. The molecule has 0 radical (unpaired) electrons. The summed E-state index contributed by atoms with van der Waals surface area (Å²) in [6.07, 6.45) is 2.78. The van der Waals surface area contributed by atoms with Gasteiger partial charge in [-0.15, -0.1) is 0 Å². The van der Waals surface area contributed by atoms with Gasteiger partial charge >= 0.3 is 6.08 Å². The van der Waals surface area contributed by atoms with Gasteiger partial charge in [0.25, 0.3) is 0 Å². The number of rotatable bonds is 11. The smallest absolute Gasteiger partial charge is 0.393 e. The van der Waals surface area contributed by atoms with Gasteiger partial charge in [-0.3, -0.25) is 0 Å². The van der Waals surface area contributed by atoms with E-state index in [-0.39, 0.29) is 0 Å². The summed E-state index contributed by atoms with van der Waals surface area (Å²) in [7, 11) is 1.68. The maximum atomic E-state index is 5.36. The van der Waals surface area contributed by atoms with Crippen LogP contribution in [0.4, 0.5) is 0 Å². The van der Waals surface area contributed by atoms with Gasteiger partial charge in [-0.25, -0.2) is 0 Å². The van der Waals surface area contributed by atoms with Crippen LogP contribution in [0.2, 0.25) is 0 Å². The van der Waals surface area contributed by atoms with Crippen molar-refractivity contribution in [3.63, 3.8) is 0 Å². The standard InChI is InChI=1S/C13H24N2O4/c1-11(2)14-9-12-10-19-13(15-12)18-8-7-17-6-4-5-16-3/h10-11,14H,4-9H2,1-3H3. The van der Waals surface area contributed by atoms with Gasteiger partial charge in [-0.05, 0) is 6.42 Å². The second kappa shape index (κ2) is 9.77. The summed E-state index contributed by atoms with van der Waals surface area (Å²) in [6, 6.07) is 0.418. The number of nitrogens with one attached hydrogen (secondary N) is 1. The van der Waals surface area contributed by atoms with Gasteiger partial charge in [0.1, 0.15) is 12.9 Å². The maximum absolute atomic E-state index is 5.36. The predicted octanol–water partition coefficient (Wildman–Crippen LogP) is 1.60. The van der Waals surface area contributed by atoms with Crippen molar-refractivity contribution in [2.45, 2.75) is 32.9 Å². The lowest BCUT2D eigenvalue weighted by Gasteiger charge is -2.04. The Kier molecular flexibility index (Phi) is 8.20. The minimum Gasteiger partial charge on any atom is -0.448 e. The fraction of sp³-hybridized carbons (Fsp3) is 0.769. The van der Waals surface area contributed by atoms with E-state index >= 15 is 0 Å². The lowest BCUT2D eigenvalue weighted by atomic mass is 10.4. The Labute approximate surface area is 114 Å². The van der Waals surface area contributed by atoms with Crippen molar-refractivity contribution in [2.75, 3.05) is 33.5 Å². The molecule has 0 aliphatic rings. The van der Waals surface area contributed by atoms with Crippen LogP contribution in [0.15, 0.2) is 10.7 Å². The zero-order chi connectivity index (χ0) is 13.9. The minimum absolute atomic E-state index is 0.293. The van der Waals surface area contributed by atoms with Gasteiger partial charge in [0.05, 0.1) is 12.3 Å². The fourth-order valence-electron chi connectivity index (χ4n) is 1.34. The molecule has 1 aromatic heterocycles. The number of nitrogens with zero attached hydrogens (tertiary/aromatic N) is 1. The molecule has 6 nitrogen and oxygen atoms in total. The van der Waals surface area contributed by atoms with E-state index in [9.17, 15) is 0 Å². The molecule has 0 saturated carbocycles. The molecule has 0 aliphatic heterocycles. The van der Waals surface area contributed by atoms with Gasteiger partial charge < -0.3 is 23.9 Å². The van der Waals surface area contributed by atoms with Crippen molar-refractivity contribution >= 4 is 0 Å². The molecule has 0 bridgehead atoms. The van der Waals surface area contributed by atoms with Gasteiger partial charge in [-0.2, -0.15) is 4.98 Å². The summed E-state index contributed by atoms with van der Waals surface area (Å²) in [4.78, 5) is 4.20. The van der Waals surface area contributed by atoms with Crippen LogP contribution in [-0.2, 0) is 16.0 Å². The van der Waals surface area contributed by atoms with E-state index in [1.165, 1.54) is 0 Å². The highest BCUT2D eigenvalue weighted by Crippen LogP contribution is 2.09. The van der Waals surface area contributed by atoms with Gasteiger partial charge in [0.15, 0.2) is 0 Å². The average Bonchev–Trinajstić information content (AvgIpc) is 2.83. The Hall–Kier alpha value is -1.11. The fourth-order valence-corrected chi connectivity index (χ4v) is 1.34. The first-order valence-electron chi connectivity index (χ1n) is 6.59. The Morgan fingerprint density at radius 1 is 1.26 bits per heavy atom. The summed E-state index contributed by atoms with van der Waals surface area (Å²) in [5.41, 5.74) is 0.838. The average molecular weight is 272 g/mol. The zero-order valence-corrected chi connectivity index (χ0v) is 12.0. The van der Waals surface area contributed by atoms with Crippen LogP contribution in [0.5, 0.6) is 6.08 Å². The third kappa shape index (κ3) is 7.81. The molecule has 1 aromatic rings. The molecular formula is C13H24N2O4. The Morgan fingerprint density at radius 2 is 2.11 bits per heavy atom. The van der Waals surface area contributed by atoms with E-state index in [1.807, 2.05) is 0 Å². The van der Waals surface area contributed by atoms with Crippen molar-refractivity contribution in [3.05, 3.63) is 12.0 Å². The SMILES string of the molecule is COCCCOCCOc1nc(CNC(C)C)co1. The largest absolute Gasteiger partial charge is 0.448 e. The van der Waals surface area contributed by atoms with Gasteiger partial charge in [-0.1, -0.05) is 13.8 Å². The maximum Gasteiger partial charge on any atom is 0.393 e. The first kappa shape index (κ1) is 15.9. The lowest BCUT2D eigenvalue weighted by molar-refractivity contribution is 0.0724. The molecular weight excluding hydrogens is 248 g/mol. The first-order chi connectivity index (χ1) is 9.22. The van der Waals surface area contributed by atoms with Crippen LogP contribution in [0.25, 0.3) is 0 Å². The number of oxazole rings is 1. The minimum atomic E-state index is 0.293. The van der Waals surface area contributed by atoms with E-state index < -0.39 is 0 Å². The van der Waals surface area contributed by atoms with Crippen molar-refractivity contribution < 1.29 is 18.6 Å². The second-order valence-corrected chi connectivity index (χ2v) is 4.45. The summed E-state index contributed by atoms with van der Waals surface area (Å²) >= 11 is 0. The molecule has 0 unspecified atom stereocenters.